The number of thiazole rings is 1. The standard InChI is InChI=1S/C26H22N2O4S2/c1-2-32-17-11-12-18-21(15-17)34-26(27-18)28-23(20-9-6-14-33-20)22(24(30)25(28)31)19(29)13-10-16-7-4-3-5-8-16/h3-9,11-12,14-15,23,30H,2,10,13H2,1H3. The molecule has 2 aromatic carbocycles. The lowest BCUT2D eigenvalue weighted by atomic mass is 9.97. The smallest absolute Gasteiger partial charge is 0.296 e. The van der Waals surface area contributed by atoms with Crippen LogP contribution in [0.2, 0.25) is 0 Å². The maximum absolute atomic E-state index is 13.3. The number of aliphatic hydroxyl groups excluding tert-OH is 1. The molecule has 0 aliphatic carbocycles. The van der Waals surface area contributed by atoms with Crippen molar-refractivity contribution in [1.29, 1.82) is 0 Å². The minimum Gasteiger partial charge on any atom is -0.503 e. The summed E-state index contributed by atoms with van der Waals surface area (Å²) < 4.78 is 6.45. The summed E-state index contributed by atoms with van der Waals surface area (Å²) in [7, 11) is 0. The molecule has 3 heterocycles. The molecule has 1 N–H and O–H groups in total. The Morgan fingerprint density at radius 3 is 2.71 bits per heavy atom. The number of anilines is 1. The number of aromatic nitrogens is 1. The van der Waals surface area contributed by atoms with E-state index in [-0.39, 0.29) is 17.8 Å². The molecule has 0 fully saturated rings. The Balaban J connectivity index is 1.50. The molecule has 5 rings (SSSR count). The minimum absolute atomic E-state index is 0.137. The van der Waals surface area contributed by atoms with Crippen LogP contribution in [0.15, 0.2) is 77.4 Å². The molecule has 0 spiro atoms. The summed E-state index contributed by atoms with van der Waals surface area (Å²) in [4.78, 5) is 33.5. The van der Waals surface area contributed by atoms with Gasteiger partial charge in [-0.3, -0.25) is 14.5 Å². The molecule has 1 unspecified atom stereocenters. The van der Waals surface area contributed by atoms with Gasteiger partial charge in [0.05, 0.1) is 22.4 Å². The predicted octanol–water partition coefficient (Wildman–Crippen LogP) is 5.86. The van der Waals surface area contributed by atoms with Crippen LogP contribution >= 0.6 is 22.7 Å². The predicted molar refractivity (Wildman–Crippen MR) is 135 cm³/mol. The Morgan fingerprint density at radius 1 is 1.15 bits per heavy atom. The highest BCUT2D eigenvalue weighted by Crippen LogP contribution is 2.45. The Bertz CT molecular complexity index is 1380. The van der Waals surface area contributed by atoms with Crippen molar-refractivity contribution >= 4 is 49.7 Å². The van der Waals surface area contributed by atoms with Crippen molar-refractivity contribution in [2.75, 3.05) is 11.5 Å². The largest absolute Gasteiger partial charge is 0.503 e. The molecule has 0 saturated heterocycles. The summed E-state index contributed by atoms with van der Waals surface area (Å²) in [6, 6.07) is 18.3. The molecule has 0 bridgehead atoms. The van der Waals surface area contributed by atoms with Gasteiger partial charge in [-0.1, -0.05) is 47.7 Å². The number of hydrogen-bond acceptors (Lipinski definition) is 7. The number of fused-ring (bicyclic) bond motifs is 1. The fourth-order valence-corrected chi connectivity index (χ4v) is 5.94. The van der Waals surface area contributed by atoms with Gasteiger partial charge in [0.2, 0.25) is 0 Å². The third-order valence-electron chi connectivity index (χ3n) is 5.67. The topological polar surface area (TPSA) is 79.7 Å². The number of Topliss-reactive ketones (excluding diaryl/α,β-unsaturated/α-hetero) is 1. The van der Waals surface area contributed by atoms with E-state index < -0.39 is 17.7 Å². The van der Waals surface area contributed by atoms with Crippen LogP contribution in [-0.4, -0.2) is 28.4 Å². The van der Waals surface area contributed by atoms with Crippen LogP contribution in [-0.2, 0) is 16.0 Å². The Hall–Kier alpha value is -3.49. The lowest BCUT2D eigenvalue weighted by molar-refractivity contribution is -0.118. The maximum atomic E-state index is 13.3. The third kappa shape index (κ3) is 4.10. The summed E-state index contributed by atoms with van der Waals surface area (Å²) in [6.07, 6.45) is 0.729. The van der Waals surface area contributed by atoms with Crippen LogP contribution < -0.4 is 9.64 Å². The number of hydrogen-bond donors (Lipinski definition) is 1. The Kier molecular flexibility index (Phi) is 6.17. The number of amides is 1. The SMILES string of the molecule is CCOc1ccc2nc(N3C(=O)C(O)=C(C(=O)CCc4ccccc4)C3c3cccs3)sc2c1. The summed E-state index contributed by atoms with van der Waals surface area (Å²) >= 11 is 2.77. The van der Waals surface area contributed by atoms with E-state index >= 15 is 0 Å². The molecule has 8 heteroatoms. The number of nitrogens with zero attached hydrogens (tertiary/aromatic N) is 2. The van der Waals surface area contributed by atoms with E-state index in [0.29, 0.717) is 18.2 Å². The van der Waals surface area contributed by atoms with E-state index in [1.54, 1.807) is 0 Å². The van der Waals surface area contributed by atoms with Crippen LogP contribution in [0.1, 0.15) is 29.8 Å². The minimum atomic E-state index is -0.706. The van der Waals surface area contributed by atoms with E-state index in [2.05, 4.69) is 4.98 Å². The zero-order valence-electron chi connectivity index (χ0n) is 18.4. The van der Waals surface area contributed by atoms with Crippen LogP contribution in [0.3, 0.4) is 0 Å². The number of rotatable bonds is 8. The molecular formula is C26H22N2O4S2. The summed E-state index contributed by atoms with van der Waals surface area (Å²) in [5.74, 6) is -0.614. The maximum Gasteiger partial charge on any atom is 0.296 e. The highest BCUT2D eigenvalue weighted by Gasteiger charge is 2.45. The Morgan fingerprint density at radius 2 is 1.97 bits per heavy atom. The highest BCUT2D eigenvalue weighted by atomic mass is 32.1. The lowest BCUT2D eigenvalue weighted by Crippen LogP contribution is -2.30. The number of benzene rings is 2. The first-order valence-electron chi connectivity index (χ1n) is 11.0. The monoisotopic (exact) mass is 490 g/mol. The number of thiophene rings is 1. The highest BCUT2D eigenvalue weighted by molar-refractivity contribution is 7.22. The number of aliphatic hydroxyl groups is 1. The molecule has 0 radical (unpaired) electrons. The number of carbonyl (C=O) groups excluding carboxylic acids is 2. The fraction of sp³-hybridized carbons (Fsp3) is 0.192. The van der Waals surface area contributed by atoms with Gasteiger partial charge >= 0.3 is 0 Å². The van der Waals surface area contributed by atoms with Gasteiger partial charge < -0.3 is 9.84 Å². The van der Waals surface area contributed by atoms with Crippen LogP contribution in [0.25, 0.3) is 10.2 Å². The van der Waals surface area contributed by atoms with Gasteiger partial charge in [0.15, 0.2) is 16.7 Å². The van der Waals surface area contributed by atoms with Gasteiger partial charge in [0.1, 0.15) is 11.8 Å². The van der Waals surface area contributed by atoms with Crippen LogP contribution in [0.4, 0.5) is 5.13 Å². The van der Waals surface area contributed by atoms with Gasteiger partial charge in [-0.05, 0) is 48.6 Å². The number of ether oxygens (including phenoxy) is 1. The van der Waals surface area contributed by atoms with E-state index in [1.165, 1.54) is 27.6 Å². The zero-order valence-corrected chi connectivity index (χ0v) is 20.1. The molecule has 6 nitrogen and oxygen atoms in total. The number of carbonyl (C=O) groups is 2. The van der Waals surface area contributed by atoms with Crippen molar-refractivity contribution in [3.63, 3.8) is 0 Å². The van der Waals surface area contributed by atoms with Gasteiger partial charge in [-0.15, -0.1) is 11.3 Å². The second-order valence-electron chi connectivity index (χ2n) is 7.82. The van der Waals surface area contributed by atoms with Crippen molar-refractivity contribution in [2.24, 2.45) is 0 Å². The Labute approximate surface area is 204 Å². The van der Waals surface area contributed by atoms with Crippen molar-refractivity contribution < 1.29 is 19.4 Å². The average molecular weight is 491 g/mol. The first-order chi connectivity index (χ1) is 16.6. The van der Waals surface area contributed by atoms with E-state index in [0.717, 1.165) is 26.4 Å². The van der Waals surface area contributed by atoms with Gasteiger partial charge in [0.25, 0.3) is 5.91 Å². The molecule has 1 amide bonds. The van der Waals surface area contributed by atoms with Crippen LogP contribution in [0.5, 0.6) is 5.75 Å². The summed E-state index contributed by atoms with van der Waals surface area (Å²) in [5.41, 5.74) is 1.89. The molecule has 1 aliphatic rings. The second-order valence-corrected chi connectivity index (χ2v) is 9.81. The van der Waals surface area contributed by atoms with E-state index in [9.17, 15) is 14.7 Å². The zero-order chi connectivity index (χ0) is 23.7. The molecular weight excluding hydrogens is 468 g/mol. The molecule has 1 aliphatic heterocycles. The third-order valence-corrected chi connectivity index (χ3v) is 7.61. The van der Waals surface area contributed by atoms with E-state index in [1.807, 2.05) is 73.0 Å². The molecule has 2 aromatic heterocycles. The van der Waals surface area contributed by atoms with Crippen molar-refractivity contribution in [2.45, 2.75) is 25.8 Å². The quantitative estimate of drug-likeness (QED) is 0.335. The fourth-order valence-electron chi connectivity index (χ4n) is 4.09. The van der Waals surface area contributed by atoms with Gasteiger partial charge in [-0.25, -0.2) is 4.98 Å². The molecule has 172 valence electrons. The summed E-state index contributed by atoms with van der Waals surface area (Å²) in [6.45, 7) is 2.47. The van der Waals surface area contributed by atoms with E-state index in [4.69, 9.17) is 4.74 Å². The second kappa shape index (κ2) is 9.40. The van der Waals surface area contributed by atoms with Crippen LogP contribution in [0, 0.1) is 0 Å². The first kappa shape index (κ1) is 22.3. The first-order valence-corrected chi connectivity index (χ1v) is 12.7. The number of aryl methyl sites for hydroxylation is 1. The normalized spacial score (nSPS) is 16.0. The summed E-state index contributed by atoms with van der Waals surface area (Å²) in [5, 5.41) is 13.2. The molecule has 0 saturated carbocycles. The van der Waals surface area contributed by atoms with Gasteiger partial charge in [-0.2, -0.15) is 0 Å². The van der Waals surface area contributed by atoms with Crippen molar-refractivity contribution in [3.8, 4) is 5.75 Å². The average Bonchev–Trinajstić information content (AvgIpc) is 3.57. The number of ketones is 1. The van der Waals surface area contributed by atoms with Gasteiger partial charge in [0, 0.05) is 11.3 Å². The molecule has 34 heavy (non-hydrogen) atoms. The molecule has 4 aromatic rings. The van der Waals surface area contributed by atoms with Crippen molar-refractivity contribution in [1.82, 2.24) is 4.98 Å². The van der Waals surface area contributed by atoms with Crippen molar-refractivity contribution in [3.05, 3.63) is 87.8 Å². The molecule has 1 atom stereocenters. The lowest BCUT2D eigenvalue weighted by Gasteiger charge is -2.23.